The number of nitrogens with zero attached hydrogens (tertiary/aromatic N) is 1. The van der Waals surface area contributed by atoms with E-state index in [9.17, 15) is 13.2 Å². The topological polar surface area (TPSA) is 28.7 Å². The molecule has 0 atom stereocenters. The maximum atomic E-state index is 12.1. The van der Waals surface area contributed by atoms with Crippen molar-refractivity contribution in [1.29, 1.82) is 0 Å². The molecule has 2 aromatic rings. The number of rotatable bonds is 0. The zero-order chi connectivity index (χ0) is 9.47. The Kier molecular flexibility index (Phi) is 1.55. The lowest BCUT2D eigenvalue weighted by molar-refractivity contribution is -0.140. The van der Waals surface area contributed by atoms with Gasteiger partial charge in [-0.05, 0) is 18.2 Å². The summed E-state index contributed by atoms with van der Waals surface area (Å²) in [6.07, 6.45) is -2.82. The maximum Gasteiger partial charge on any atom is 0.433 e. The monoisotopic (exact) mass is 186 g/mol. The number of H-pyrrole nitrogens is 1. The third kappa shape index (κ3) is 1.37. The van der Waals surface area contributed by atoms with Crippen molar-refractivity contribution >= 4 is 11.0 Å². The molecule has 2 aromatic heterocycles. The Morgan fingerprint density at radius 1 is 1.15 bits per heavy atom. The third-order valence-electron chi connectivity index (χ3n) is 1.70. The van der Waals surface area contributed by atoms with Gasteiger partial charge in [0.25, 0.3) is 0 Å². The molecule has 0 unspecified atom stereocenters. The van der Waals surface area contributed by atoms with Crippen LogP contribution in [0.2, 0.25) is 0 Å². The zero-order valence-electron chi connectivity index (χ0n) is 6.39. The fraction of sp³-hybridized carbons (Fsp3) is 0.125. The van der Waals surface area contributed by atoms with Crippen LogP contribution in [0.5, 0.6) is 0 Å². The molecule has 2 nitrogen and oxygen atoms in total. The molecule has 0 saturated heterocycles. The van der Waals surface area contributed by atoms with Gasteiger partial charge in [-0.1, -0.05) is 0 Å². The summed E-state index contributed by atoms with van der Waals surface area (Å²) in [5.41, 5.74) is 0.0717. The number of halogens is 3. The van der Waals surface area contributed by atoms with E-state index in [0.717, 1.165) is 6.07 Å². The lowest BCUT2D eigenvalue weighted by Crippen LogP contribution is -2.07. The van der Waals surface area contributed by atoms with Gasteiger partial charge in [-0.15, -0.1) is 0 Å². The van der Waals surface area contributed by atoms with Crippen molar-refractivity contribution in [3.8, 4) is 0 Å². The Morgan fingerprint density at radius 2 is 1.92 bits per heavy atom. The highest BCUT2D eigenvalue weighted by atomic mass is 19.4. The van der Waals surface area contributed by atoms with Crippen LogP contribution in [0.25, 0.3) is 11.0 Å². The van der Waals surface area contributed by atoms with Crippen molar-refractivity contribution in [2.24, 2.45) is 0 Å². The Balaban J connectivity index is 2.61. The summed E-state index contributed by atoms with van der Waals surface area (Å²) in [6.45, 7) is 0. The first-order valence-corrected chi connectivity index (χ1v) is 3.59. The van der Waals surface area contributed by atoms with Gasteiger partial charge in [-0.2, -0.15) is 13.2 Å². The first kappa shape index (κ1) is 8.10. The van der Waals surface area contributed by atoms with Crippen LogP contribution in [0.3, 0.4) is 0 Å². The van der Waals surface area contributed by atoms with E-state index >= 15 is 0 Å². The molecule has 5 heteroatoms. The summed E-state index contributed by atoms with van der Waals surface area (Å²) in [6, 6.07) is 3.83. The minimum atomic E-state index is -4.37. The molecule has 0 aromatic carbocycles. The van der Waals surface area contributed by atoms with Crippen molar-refractivity contribution in [3.63, 3.8) is 0 Å². The Bertz CT molecular complexity index is 430. The van der Waals surface area contributed by atoms with Gasteiger partial charge in [0.2, 0.25) is 0 Å². The second-order valence-corrected chi connectivity index (χ2v) is 2.60. The van der Waals surface area contributed by atoms with E-state index in [-0.39, 0.29) is 0 Å². The van der Waals surface area contributed by atoms with E-state index in [1.807, 2.05) is 0 Å². The first-order chi connectivity index (χ1) is 6.07. The van der Waals surface area contributed by atoms with Crippen molar-refractivity contribution in [2.75, 3.05) is 0 Å². The van der Waals surface area contributed by atoms with E-state index in [4.69, 9.17) is 0 Å². The normalized spacial score (nSPS) is 12.2. The maximum absolute atomic E-state index is 12.1. The fourth-order valence-corrected chi connectivity index (χ4v) is 1.09. The Labute approximate surface area is 71.4 Å². The number of fused-ring (bicyclic) bond motifs is 1. The summed E-state index contributed by atoms with van der Waals surface area (Å²) >= 11 is 0. The van der Waals surface area contributed by atoms with E-state index in [1.165, 1.54) is 12.1 Å². The molecule has 1 N–H and O–H groups in total. The molecular formula is C8H5F3N2. The van der Waals surface area contributed by atoms with Crippen LogP contribution >= 0.6 is 0 Å². The average Bonchev–Trinajstić information content (AvgIpc) is 2.47. The number of aromatic amines is 1. The summed E-state index contributed by atoms with van der Waals surface area (Å²) in [5, 5.41) is 0. The lowest BCUT2D eigenvalue weighted by Gasteiger charge is -2.04. The SMILES string of the molecule is FC(F)(F)c1ccc2[nH]ccc2n1. The average molecular weight is 186 g/mol. The standard InChI is InChI=1S/C8H5F3N2/c9-8(10,11)7-2-1-5-6(13-7)3-4-12-5/h1-4,12H. The fourth-order valence-electron chi connectivity index (χ4n) is 1.09. The first-order valence-electron chi connectivity index (χ1n) is 3.59. The largest absolute Gasteiger partial charge is 0.433 e. The van der Waals surface area contributed by atoms with Crippen LogP contribution in [0.4, 0.5) is 13.2 Å². The van der Waals surface area contributed by atoms with Crippen LogP contribution in [0.1, 0.15) is 5.69 Å². The smallest absolute Gasteiger partial charge is 0.360 e. The Hall–Kier alpha value is -1.52. The van der Waals surface area contributed by atoms with Gasteiger partial charge in [0.05, 0.1) is 11.0 Å². The number of hydrogen-bond acceptors (Lipinski definition) is 1. The molecule has 0 aliphatic carbocycles. The predicted molar refractivity (Wildman–Crippen MR) is 41.1 cm³/mol. The van der Waals surface area contributed by atoms with Crippen LogP contribution in [0.15, 0.2) is 24.4 Å². The zero-order valence-corrected chi connectivity index (χ0v) is 6.39. The number of nitrogens with one attached hydrogen (secondary N) is 1. The van der Waals surface area contributed by atoms with E-state index in [1.54, 1.807) is 6.20 Å². The summed E-state index contributed by atoms with van der Waals surface area (Å²) < 4.78 is 36.4. The second-order valence-electron chi connectivity index (χ2n) is 2.60. The molecule has 0 fully saturated rings. The highest BCUT2D eigenvalue weighted by Crippen LogP contribution is 2.28. The molecule has 68 valence electrons. The molecule has 0 aliphatic rings. The predicted octanol–water partition coefficient (Wildman–Crippen LogP) is 2.58. The summed E-state index contributed by atoms with van der Waals surface area (Å²) in [7, 11) is 0. The summed E-state index contributed by atoms with van der Waals surface area (Å²) in [5.74, 6) is 0. The molecule has 13 heavy (non-hydrogen) atoms. The van der Waals surface area contributed by atoms with Gasteiger partial charge in [-0.3, -0.25) is 0 Å². The van der Waals surface area contributed by atoms with E-state index in [2.05, 4.69) is 9.97 Å². The van der Waals surface area contributed by atoms with Gasteiger partial charge < -0.3 is 4.98 Å². The molecule has 0 amide bonds. The molecule has 2 heterocycles. The van der Waals surface area contributed by atoms with Gasteiger partial charge in [0.15, 0.2) is 0 Å². The highest BCUT2D eigenvalue weighted by molar-refractivity contribution is 5.74. The van der Waals surface area contributed by atoms with Gasteiger partial charge >= 0.3 is 6.18 Å². The number of pyridine rings is 1. The molecule has 0 spiro atoms. The number of hydrogen-bond donors (Lipinski definition) is 1. The van der Waals surface area contributed by atoms with Crippen LogP contribution in [-0.2, 0) is 6.18 Å². The van der Waals surface area contributed by atoms with Gasteiger partial charge in [0, 0.05) is 6.20 Å². The lowest BCUT2D eigenvalue weighted by atomic mass is 10.3. The van der Waals surface area contributed by atoms with E-state index in [0.29, 0.717) is 11.0 Å². The number of aromatic nitrogens is 2. The van der Waals surface area contributed by atoms with E-state index < -0.39 is 11.9 Å². The molecule has 0 radical (unpaired) electrons. The van der Waals surface area contributed by atoms with Crippen molar-refractivity contribution in [1.82, 2.24) is 9.97 Å². The van der Waals surface area contributed by atoms with Gasteiger partial charge in [0.1, 0.15) is 5.69 Å². The minimum absolute atomic E-state index is 0.329. The van der Waals surface area contributed by atoms with Crippen LogP contribution in [-0.4, -0.2) is 9.97 Å². The second kappa shape index (κ2) is 2.48. The molecule has 0 aliphatic heterocycles. The highest BCUT2D eigenvalue weighted by Gasteiger charge is 2.32. The van der Waals surface area contributed by atoms with Crippen molar-refractivity contribution < 1.29 is 13.2 Å². The van der Waals surface area contributed by atoms with Crippen LogP contribution < -0.4 is 0 Å². The quantitative estimate of drug-likeness (QED) is 0.673. The molecule has 0 saturated carbocycles. The van der Waals surface area contributed by atoms with Crippen molar-refractivity contribution in [3.05, 3.63) is 30.1 Å². The summed E-state index contributed by atoms with van der Waals surface area (Å²) in [4.78, 5) is 6.22. The molecule has 2 rings (SSSR count). The van der Waals surface area contributed by atoms with Gasteiger partial charge in [-0.25, -0.2) is 4.98 Å². The molecular weight excluding hydrogens is 181 g/mol. The third-order valence-corrected chi connectivity index (χ3v) is 1.70. The van der Waals surface area contributed by atoms with Crippen LogP contribution in [0, 0.1) is 0 Å². The van der Waals surface area contributed by atoms with Crippen molar-refractivity contribution in [2.45, 2.75) is 6.18 Å². The number of alkyl halides is 3. The Morgan fingerprint density at radius 3 is 2.62 bits per heavy atom. The minimum Gasteiger partial charge on any atom is -0.360 e. The molecule has 0 bridgehead atoms.